The monoisotopic (exact) mass is 720 g/mol. The van der Waals surface area contributed by atoms with Gasteiger partial charge in [0.05, 0.1) is 11.0 Å². The van der Waals surface area contributed by atoms with Gasteiger partial charge in [-0.3, -0.25) is 0 Å². The number of nitrogens with zero attached hydrogens (tertiary/aromatic N) is 2. The fraction of sp³-hybridized carbons (Fsp3) is 0. The molecule has 0 N–H and O–H groups in total. The van der Waals surface area contributed by atoms with Crippen molar-refractivity contribution >= 4 is 137 Å². The molecule has 0 aliphatic rings. The van der Waals surface area contributed by atoms with Crippen LogP contribution in [0.2, 0.25) is 0 Å². The van der Waals surface area contributed by atoms with Crippen LogP contribution >= 0.6 is 0 Å². The van der Waals surface area contributed by atoms with Crippen molar-refractivity contribution in [1.29, 1.82) is 0 Å². The summed E-state index contributed by atoms with van der Waals surface area (Å²) in [5, 5.41) is 5.26. The van der Waals surface area contributed by atoms with E-state index < -0.39 is 0 Å². The van der Waals surface area contributed by atoms with Crippen molar-refractivity contribution in [3.63, 3.8) is 0 Å². The van der Waals surface area contributed by atoms with Crippen molar-refractivity contribution in [2.75, 3.05) is 0 Å². The molecule has 2 nitrogen and oxygen atoms in total. The lowest BCUT2D eigenvalue weighted by Gasteiger charge is -2.19. The summed E-state index contributed by atoms with van der Waals surface area (Å²) in [7, 11) is 16.3. The van der Waals surface area contributed by atoms with Gasteiger partial charge in [-0.05, 0) is 81.2 Å². The maximum absolute atomic E-state index is 2.56. The molecule has 0 fully saturated rings. The molecule has 262 valence electrons. The largest absolute Gasteiger partial charge is 0.310 e. The summed E-state index contributed by atoms with van der Waals surface area (Å²) in [6.07, 6.45) is 0. The van der Waals surface area contributed by atoms with Gasteiger partial charge >= 0.3 is 0 Å². The van der Waals surface area contributed by atoms with E-state index in [1.807, 2.05) is 0 Å². The standard InChI is InChI=1S/C48H39B7N2/c49-40-37(30-19-23-35-34(24-30)33-22-18-29(27-12-6-2-7-13-27)25-36(33)56(35)31-14-8-3-9-15-31)41(50)45(54)47-38(40)39-42(51)43(52)44(53)46(55)48(39)57(47)32-20-16-28(17-21-32)26-10-4-1-5-11-26/h1-25H,49-55H2. The topological polar surface area (TPSA) is 9.86 Å². The molecule has 0 unspecified atom stereocenters. The number of fused-ring (bicyclic) bond motifs is 6. The van der Waals surface area contributed by atoms with E-state index in [4.69, 9.17) is 0 Å². The summed E-state index contributed by atoms with van der Waals surface area (Å²) in [6, 6.07) is 55.5. The van der Waals surface area contributed by atoms with Gasteiger partial charge in [-0.1, -0.05) is 142 Å². The van der Waals surface area contributed by atoms with E-state index in [0.29, 0.717) is 0 Å². The zero-order valence-electron chi connectivity index (χ0n) is 33.8. The van der Waals surface area contributed by atoms with Gasteiger partial charge in [0, 0.05) is 38.6 Å². The Labute approximate surface area is 340 Å². The van der Waals surface area contributed by atoms with Crippen LogP contribution in [0.3, 0.4) is 0 Å². The van der Waals surface area contributed by atoms with Crippen molar-refractivity contribution < 1.29 is 0 Å². The lowest BCUT2D eigenvalue weighted by Crippen LogP contribution is -2.48. The Balaban J connectivity index is 1.24. The first-order valence-corrected chi connectivity index (χ1v) is 20.1. The molecule has 0 bridgehead atoms. The van der Waals surface area contributed by atoms with E-state index >= 15 is 0 Å². The van der Waals surface area contributed by atoms with Crippen LogP contribution < -0.4 is 38.2 Å². The third-order valence-corrected chi connectivity index (χ3v) is 13.0. The van der Waals surface area contributed by atoms with Crippen LogP contribution in [0.5, 0.6) is 0 Å². The van der Waals surface area contributed by atoms with E-state index in [-0.39, 0.29) is 0 Å². The first kappa shape index (κ1) is 35.2. The first-order valence-electron chi connectivity index (χ1n) is 20.1. The highest BCUT2D eigenvalue weighted by Crippen LogP contribution is 2.37. The van der Waals surface area contributed by atoms with Gasteiger partial charge in [-0.2, -0.15) is 0 Å². The SMILES string of the molecule is Bc1c(B)c(B)c2c(c1B)c1c(B)c(-c3ccc4c(c3)c3ccc(-c5ccccc5)cc3n4-c3ccccc3)c(B)c(B)c1n2-c1ccc(-c2ccccc2)cc1. The van der Waals surface area contributed by atoms with Crippen LogP contribution in [0.4, 0.5) is 0 Å². The second kappa shape index (κ2) is 13.5. The molecule has 0 aliphatic carbocycles. The van der Waals surface area contributed by atoms with Gasteiger partial charge in [0.1, 0.15) is 54.9 Å². The Morgan fingerprint density at radius 2 is 0.789 bits per heavy atom. The van der Waals surface area contributed by atoms with Crippen LogP contribution in [0.1, 0.15) is 0 Å². The average Bonchev–Trinajstić information content (AvgIpc) is 3.79. The average molecular weight is 720 g/mol. The Morgan fingerprint density at radius 3 is 1.44 bits per heavy atom. The number of rotatable bonds is 5. The van der Waals surface area contributed by atoms with Crippen LogP contribution in [0, 0.1) is 0 Å². The molecule has 0 spiro atoms. The summed E-state index contributed by atoms with van der Waals surface area (Å²) in [6.45, 7) is 0. The van der Waals surface area contributed by atoms with Crippen molar-refractivity contribution in [2.45, 2.75) is 0 Å². The molecule has 57 heavy (non-hydrogen) atoms. The smallest absolute Gasteiger partial charge is 0.141 e. The molecule has 0 radical (unpaired) electrons. The van der Waals surface area contributed by atoms with E-state index in [1.54, 1.807) is 0 Å². The molecule has 0 aliphatic heterocycles. The van der Waals surface area contributed by atoms with Crippen molar-refractivity contribution in [1.82, 2.24) is 9.13 Å². The van der Waals surface area contributed by atoms with E-state index in [0.717, 1.165) is 0 Å². The summed E-state index contributed by atoms with van der Waals surface area (Å²) < 4.78 is 5.00. The molecular formula is C48H39B7N2. The third kappa shape index (κ3) is 5.36. The van der Waals surface area contributed by atoms with Gasteiger partial charge < -0.3 is 9.13 Å². The lowest BCUT2D eigenvalue weighted by atomic mass is 9.64. The Morgan fingerprint density at radius 1 is 0.298 bits per heavy atom. The molecule has 2 heterocycles. The predicted octanol–water partition coefficient (Wildman–Crippen LogP) is 0.691. The van der Waals surface area contributed by atoms with Gasteiger partial charge in [0.25, 0.3) is 0 Å². The number of benzene rings is 8. The molecule has 10 aromatic rings. The van der Waals surface area contributed by atoms with Gasteiger partial charge in [-0.15, -0.1) is 5.46 Å². The van der Waals surface area contributed by atoms with Crippen molar-refractivity contribution in [3.8, 4) is 44.8 Å². The maximum atomic E-state index is 2.56. The summed E-state index contributed by atoms with van der Waals surface area (Å²) in [5.41, 5.74) is 24.4. The summed E-state index contributed by atoms with van der Waals surface area (Å²) in [5.74, 6) is 0. The molecule has 0 saturated carbocycles. The highest BCUT2D eigenvalue weighted by molar-refractivity contribution is 6.69. The zero-order valence-corrected chi connectivity index (χ0v) is 33.8. The number of para-hydroxylation sites is 1. The minimum Gasteiger partial charge on any atom is -0.310 e. The van der Waals surface area contributed by atoms with E-state index in [2.05, 4.69) is 216 Å². The minimum atomic E-state index is 1.17. The highest BCUT2D eigenvalue weighted by Gasteiger charge is 2.25. The van der Waals surface area contributed by atoms with Gasteiger partial charge in [-0.25, -0.2) is 0 Å². The molecule has 9 heteroatoms. The fourth-order valence-electron chi connectivity index (χ4n) is 9.68. The van der Waals surface area contributed by atoms with Crippen LogP contribution in [-0.4, -0.2) is 64.1 Å². The second-order valence-electron chi connectivity index (χ2n) is 15.9. The summed E-state index contributed by atoms with van der Waals surface area (Å²) in [4.78, 5) is 0. The Kier molecular flexibility index (Phi) is 8.34. The van der Waals surface area contributed by atoms with E-state index in [1.165, 1.54) is 127 Å². The number of hydrogen-bond donors (Lipinski definition) is 0. The van der Waals surface area contributed by atoms with Crippen molar-refractivity contribution in [2.24, 2.45) is 0 Å². The Bertz CT molecular complexity index is 3230. The number of hydrogen-bond acceptors (Lipinski definition) is 0. The molecule has 0 amide bonds. The minimum absolute atomic E-state index is 1.17. The highest BCUT2D eigenvalue weighted by atomic mass is 15.0. The zero-order chi connectivity index (χ0) is 39.1. The summed E-state index contributed by atoms with van der Waals surface area (Å²) >= 11 is 0. The first-order chi connectivity index (χ1) is 27.7. The van der Waals surface area contributed by atoms with Crippen molar-refractivity contribution in [3.05, 3.63) is 152 Å². The van der Waals surface area contributed by atoms with Crippen LogP contribution in [-0.2, 0) is 0 Å². The molecule has 10 rings (SSSR count). The maximum Gasteiger partial charge on any atom is 0.141 e. The molecule has 0 saturated heterocycles. The molecular weight excluding hydrogens is 680 g/mol. The third-order valence-electron chi connectivity index (χ3n) is 13.0. The fourth-order valence-corrected chi connectivity index (χ4v) is 9.68. The van der Waals surface area contributed by atoms with Gasteiger partial charge in [0.15, 0.2) is 0 Å². The Hall–Kier alpha value is -6.19. The van der Waals surface area contributed by atoms with Crippen LogP contribution in [0.15, 0.2) is 152 Å². The lowest BCUT2D eigenvalue weighted by molar-refractivity contribution is 1.18. The number of aromatic nitrogens is 2. The quantitative estimate of drug-likeness (QED) is 0.232. The second-order valence-corrected chi connectivity index (χ2v) is 15.9. The normalized spacial score (nSPS) is 11.6. The van der Waals surface area contributed by atoms with E-state index in [9.17, 15) is 0 Å². The van der Waals surface area contributed by atoms with Crippen LogP contribution in [0.25, 0.3) is 88.4 Å². The molecule has 0 atom stereocenters. The molecule has 2 aromatic heterocycles. The predicted molar refractivity (Wildman–Crippen MR) is 269 cm³/mol. The van der Waals surface area contributed by atoms with Gasteiger partial charge in [0.2, 0.25) is 0 Å². The molecule has 8 aromatic carbocycles.